The molecule has 0 aromatic heterocycles. The van der Waals surface area contributed by atoms with Crippen molar-refractivity contribution in [3.8, 4) is 0 Å². The van der Waals surface area contributed by atoms with E-state index in [1.165, 1.54) is 11.1 Å². The van der Waals surface area contributed by atoms with E-state index in [-0.39, 0.29) is 0 Å². The highest BCUT2D eigenvalue weighted by atomic mass is 15.0. The Kier molecular flexibility index (Phi) is 5.68. The molecular weight excluding hydrogens is 306 g/mol. The molecular formula is C22H25N3. The smallest absolute Gasteiger partial charge is 0.106 e. The number of anilines is 2. The molecule has 0 saturated heterocycles. The van der Waals surface area contributed by atoms with E-state index in [0.29, 0.717) is 0 Å². The van der Waals surface area contributed by atoms with Crippen molar-refractivity contribution in [3.63, 3.8) is 0 Å². The number of hydrogen-bond donors (Lipinski definition) is 2. The Balaban J connectivity index is 1.74. The van der Waals surface area contributed by atoms with E-state index in [1.54, 1.807) is 0 Å². The molecule has 2 aliphatic rings. The van der Waals surface area contributed by atoms with Crippen molar-refractivity contribution < 1.29 is 0 Å². The zero-order valence-corrected chi connectivity index (χ0v) is 14.7. The average molecular weight is 331 g/mol. The molecule has 1 aliphatic carbocycles. The van der Waals surface area contributed by atoms with Gasteiger partial charge in [-0.25, -0.2) is 4.99 Å². The first-order chi connectivity index (χ1) is 12.2. The Hall–Kier alpha value is -2.81. The van der Waals surface area contributed by atoms with E-state index in [4.69, 9.17) is 5.73 Å². The first kappa shape index (κ1) is 17.0. The molecule has 1 aliphatic heterocycles. The molecule has 0 saturated carbocycles. The van der Waals surface area contributed by atoms with Crippen LogP contribution in [0.3, 0.4) is 0 Å². The summed E-state index contributed by atoms with van der Waals surface area (Å²) in [7, 11) is 0. The summed E-state index contributed by atoms with van der Waals surface area (Å²) >= 11 is 0. The second kappa shape index (κ2) is 8.34. The molecule has 0 amide bonds. The summed E-state index contributed by atoms with van der Waals surface area (Å²) in [6, 6.07) is 5.90. The van der Waals surface area contributed by atoms with Crippen LogP contribution < -0.4 is 11.1 Å². The summed E-state index contributed by atoms with van der Waals surface area (Å²) in [6.45, 7) is 2.07. The van der Waals surface area contributed by atoms with Crippen molar-refractivity contribution in [1.82, 2.24) is 0 Å². The Labute approximate surface area is 150 Å². The van der Waals surface area contributed by atoms with E-state index in [0.717, 1.165) is 48.5 Å². The third kappa shape index (κ3) is 4.83. The van der Waals surface area contributed by atoms with Gasteiger partial charge in [0.25, 0.3) is 0 Å². The predicted octanol–water partition coefficient (Wildman–Crippen LogP) is 5.45. The van der Waals surface area contributed by atoms with Crippen LogP contribution in [0.1, 0.15) is 31.2 Å². The molecule has 1 aromatic carbocycles. The van der Waals surface area contributed by atoms with Gasteiger partial charge in [0.05, 0.1) is 0 Å². The van der Waals surface area contributed by atoms with Gasteiger partial charge in [-0.15, -0.1) is 0 Å². The molecule has 3 N–H and O–H groups in total. The maximum Gasteiger partial charge on any atom is 0.106 e. The number of nitrogens with two attached hydrogens (primary N) is 1. The van der Waals surface area contributed by atoms with Gasteiger partial charge in [0, 0.05) is 24.0 Å². The second-order valence-corrected chi connectivity index (χ2v) is 6.31. The molecule has 1 aromatic rings. The first-order valence-electron chi connectivity index (χ1n) is 8.82. The van der Waals surface area contributed by atoms with Crippen LogP contribution >= 0.6 is 0 Å². The number of benzene rings is 1. The lowest BCUT2D eigenvalue weighted by Crippen LogP contribution is -2.13. The molecule has 25 heavy (non-hydrogen) atoms. The van der Waals surface area contributed by atoms with E-state index < -0.39 is 0 Å². The van der Waals surface area contributed by atoms with Gasteiger partial charge in [0.2, 0.25) is 0 Å². The highest BCUT2D eigenvalue weighted by Gasteiger charge is 2.06. The minimum atomic E-state index is 0.759. The van der Waals surface area contributed by atoms with Crippen molar-refractivity contribution in [2.45, 2.75) is 32.6 Å². The summed E-state index contributed by atoms with van der Waals surface area (Å²) in [6.07, 6.45) is 21.2. The Morgan fingerprint density at radius 3 is 2.76 bits per heavy atom. The van der Waals surface area contributed by atoms with Crippen LogP contribution in [0.4, 0.5) is 11.4 Å². The topological polar surface area (TPSA) is 50.4 Å². The third-order valence-electron chi connectivity index (χ3n) is 4.32. The van der Waals surface area contributed by atoms with Crippen molar-refractivity contribution in [1.29, 1.82) is 0 Å². The van der Waals surface area contributed by atoms with Crippen LogP contribution in [0.5, 0.6) is 0 Å². The largest absolute Gasteiger partial charge is 0.399 e. The maximum absolute atomic E-state index is 5.89. The fraction of sp³-hybridized carbons (Fsp3) is 0.227. The minimum absolute atomic E-state index is 0.759. The normalized spacial score (nSPS) is 25.6. The van der Waals surface area contributed by atoms with Gasteiger partial charge in [-0.3, -0.25) is 0 Å². The second-order valence-electron chi connectivity index (χ2n) is 6.31. The molecule has 3 heteroatoms. The lowest BCUT2D eigenvalue weighted by molar-refractivity contribution is 1.03. The lowest BCUT2D eigenvalue weighted by Gasteiger charge is -2.14. The van der Waals surface area contributed by atoms with Crippen LogP contribution in [0.25, 0.3) is 0 Å². The third-order valence-corrected chi connectivity index (χ3v) is 4.32. The number of aliphatic imine (C=N–C) groups is 1. The van der Waals surface area contributed by atoms with E-state index in [1.807, 2.05) is 24.4 Å². The van der Waals surface area contributed by atoms with Gasteiger partial charge in [-0.2, -0.15) is 0 Å². The summed E-state index contributed by atoms with van der Waals surface area (Å²) in [5.41, 5.74) is 11.4. The van der Waals surface area contributed by atoms with Crippen molar-refractivity contribution in [3.05, 3.63) is 83.6 Å². The number of rotatable bonds is 2. The van der Waals surface area contributed by atoms with Crippen LogP contribution in [0, 0.1) is 6.92 Å². The molecule has 0 atom stereocenters. The number of nitrogens with one attached hydrogen (secondary N) is 1. The highest BCUT2D eigenvalue weighted by Crippen LogP contribution is 2.22. The van der Waals surface area contributed by atoms with Crippen molar-refractivity contribution in [2.24, 2.45) is 4.99 Å². The maximum atomic E-state index is 5.89. The van der Waals surface area contributed by atoms with E-state index in [2.05, 4.69) is 59.8 Å². The number of nitrogens with zero attached hydrogens (tertiary/aromatic N) is 1. The molecule has 0 bridgehead atoms. The molecule has 0 fully saturated rings. The summed E-state index contributed by atoms with van der Waals surface area (Å²) < 4.78 is 0. The number of hydrogen-bond acceptors (Lipinski definition) is 3. The fourth-order valence-electron chi connectivity index (χ4n) is 2.89. The predicted molar refractivity (Wildman–Crippen MR) is 109 cm³/mol. The van der Waals surface area contributed by atoms with Crippen LogP contribution in [0.2, 0.25) is 0 Å². The van der Waals surface area contributed by atoms with Crippen molar-refractivity contribution in [2.75, 3.05) is 11.1 Å². The number of nitrogen functional groups attached to an aromatic ring is 1. The van der Waals surface area contributed by atoms with Crippen molar-refractivity contribution >= 4 is 17.2 Å². The van der Waals surface area contributed by atoms with Crippen LogP contribution in [-0.4, -0.2) is 5.84 Å². The van der Waals surface area contributed by atoms with Gasteiger partial charge < -0.3 is 11.1 Å². The van der Waals surface area contributed by atoms with Gasteiger partial charge in [0.15, 0.2) is 0 Å². The van der Waals surface area contributed by atoms with Crippen LogP contribution in [-0.2, 0) is 0 Å². The monoisotopic (exact) mass is 331 g/mol. The molecule has 1 heterocycles. The van der Waals surface area contributed by atoms with E-state index in [9.17, 15) is 0 Å². The standard InChI is InChI=1S/C22H25N3/c1-17-12-13-20(23)16-21(17)25-22-11-7-10-19(14-15-24-22)18-8-5-3-2-4-6-9-18/h2-3,5,8-10,12-16H,4,6-7,11,23H2,1H3,(H,24,25)/b3-2-,8-5-,15-14-,18-9+,19-10+. The minimum Gasteiger partial charge on any atom is -0.399 e. The summed E-state index contributed by atoms with van der Waals surface area (Å²) in [4.78, 5) is 4.61. The Morgan fingerprint density at radius 1 is 1.00 bits per heavy atom. The first-order valence-corrected chi connectivity index (χ1v) is 8.82. The Bertz CT molecular complexity index is 805. The molecule has 0 radical (unpaired) electrons. The molecule has 3 nitrogen and oxygen atoms in total. The van der Waals surface area contributed by atoms with Gasteiger partial charge in [-0.05, 0) is 61.1 Å². The van der Waals surface area contributed by atoms with Crippen LogP contribution in [0.15, 0.2) is 83.1 Å². The zero-order chi connectivity index (χ0) is 17.5. The number of amidine groups is 1. The van der Waals surface area contributed by atoms with E-state index >= 15 is 0 Å². The lowest BCUT2D eigenvalue weighted by atomic mass is 9.99. The highest BCUT2D eigenvalue weighted by molar-refractivity contribution is 5.97. The number of allylic oxidation sites excluding steroid dienone is 9. The summed E-state index contributed by atoms with van der Waals surface area (Å²) in [5.74, 6) is 0.963. The number of aryl methyl sites for hydroxylation is 1. The quantitative estimate of drug-likeness (QED) is 0.708. The fourth-order valence-corrected chi connectivity index (χ4v) is 2.89. The zero-order valence-electron chi connectivity index (χ0n) is 14.7. The molecule has 0 unspecified atom stereocenters. The van der Waals surface area contributed by atoms with Gasteiger partial charge in [-0.1, -0.05) is 42.5 Å². The average Bonchev–Trinajstić information content (AvgIpc) is 2.53. The SMILES string of the molecule is Cc1ccc(N)cc1NC1=N\C=C/C(C2=C/CC\C=C/C=C\2)=C\CC1. The van der Waals surface area contributed by atoms with Gasteiger partial charge in [0.1, 0.15) is 5.84 Å². The summed E-state index contributed by atoms with van der Waals surface area (Å²) in [5, 5.41) is 3.42. The van der Waals surface area contributed by atoms with Gasteiger partial charge >= 0.3 is 0 Å². The Morgan fingerprint density at radius 2 is 1.84 bits per heavy atom. The molecule has 128 valence electrons. The molecule has 3 rings (SSSR count). The molecule has 0 spiro atoms.